The molecule has 2 atom stereocenters. The van der Waals surface area contributed by atoms with Crippen molar-refractivity contribution in [1.29, 1.82) is 0 Å². The van der Waals surface area contributed by atoms with Gasteiger partial charge in [0.1, 0.15) is 0 Å². The Morgan fingerprint density at radius 1 is 1.29 bits per heavy atom. The van der Waals surface area contributed by atoms with Crippen molar-refractivity contribution in [3.05, 3.63) is 50.9 Å². The molecule has 0 aliphatic rings. The fourth-order valence-electron chi connectivity index (χ4n) is 1.79. The van der Waals surface area contributed by atoms with Crippen molar-refractivity contribution in [3.8, 4) is 0 Å². The first-order chi connectivity index (χ1) is 8.18. The molecular formula is C13H15BrN2S. The van der Waals surface area contributed by atoms with Gasteiger partial charge in [-0.3, -0.25) is 4.98 Å². The van der Waals surface area contributed by atoms with Crippen LogP contribution in [0.25, 0.3) is 0 Å². The van der Waals surface area contributed by atoms with Crippen molar-refractivity contribution in [2.45, 2.75) is 25.9 Å². The first kappa shape index (κ1) is 12.7. The number of thiophene rings is 1. The van der Waals surface area contributed by atoms with Crippen LogP contribution in [-0.2, 0) is 0 Å². The fourth-order valence-corrected chi connectivity index (χ4v) is 3.53. The van der Waals surface area contributed by atoms with Gasteiger partial charge in [0.2, 0.25) is 0 Å². The predicted molar refractivity (Wildman–Crippen MR) is 76.2 cm³/mol. The molecule has 2 aromatic rings. The summed E-state index contributed by atoms with van der Waals surface area (Å²) >= 11 is 5.34. The molecule has 2 heterocycles. The second-order valence-corrected chi connectivity index (χ2v) is 5.83. The van der Waals surface area contributed by atoms with Crippen molar-refractivity contribution >= 4 is 27.3 Å². The maximum absolute atomic E-state index is 4.15. The molecule has 0 aliphatic carbocycles. The van der Waals surface area contributed by atoms with Gasteiger partial charge in [-0.25, -0.2) is 0 Å². The van der Waals surface area contributed by atoms with Crippen LogP contribution in [0.2, 0.25) is 0 Å². The van der Waals surface area contributed by atoms with E-state index in [1.807, 2.05) is 12.3 Å². The summed E-state index contributed by atoms with van der Waals surface area (Å²) in [7, 11) is 0. The quantitative estimate of drug-likeness (QED) is 0.909. The summed E-state index contributed by atoms with van der Waals surface area (Å²) in [6.07, 6.45) is 3.71. The highest BCUT2D eigenvalue weighted by Crippen LogP contribution is 2.30. The Morgan fingerprint density at radius 3 is 2.71 bits per heavy atom. The Morgan fingerprint density at radius 2 is 2.12 bits per heavy atom. The first-order valence-electron chi connectivity index (χ1n) is 5.57. The Bertz CT molecular complexity index is 469. The molecule has 2 unspecified atom stereocenters. The molecular weight excluding hydrogens is 296 g/mol. The minimum Gasteiger partial charge on any atom is -0.303 e. The summed E-state index contributed by atoms with van der Waals surface area (Å²) in [5, 5.41) is 5.68. The third-order valence-corrected chi connectivity index (χ3v) is 4.78. The van der Waals surface area contributed by atoms with Crippen molar-refractivity contribution in [3.63, 3.8) is 0 Å². The van der Waals surface area contributed by atoms with Crippen LogP contribution in [0.1, 0.15) is 36.4 Å². The van der Waals surface area contributed by atoms with Gasteiger partial charge in [0.15, 0.2) is 0 Å². The molecule has 0 fully saturated rings. The third-order valence-electron chi connectivity index (χ3n) is 2.72. The smallest absolute Gasteiger partial charge is 0.0402 e. The summed E-state index contributed by atoms with van der Waals surface area (Å²) in [4.78, 5) is 5.48. The maximum Gasteiger partial charge on any atom is 0.0402 e. The Hall–Kier alpha value is -0.710. The second-order valence-electron chi connectivity index (χ2n) is 4.03. The van der Waals surface area contributed by atoms with Gasteiger partial charge in [-0.15, -0.1) is 11.3 Å². The normalized spacial score (nSPS) is 14.5. The van der Waals surface area contributed by atoms with Gasteiger partial charge in [-0.1, -0.05) is 6.07 Å². The largest absolute Gasteiger partial charge is 0.303 e. The molecule has 2 nitrogen and oxygen atoms in total. The van der Waals surface area contributed by atoms with Gasteiger partial charge in [-0.2, -0.15) is 0 Å². The number of rotatable bonds is 4. The SMILES string of the molecule is CC(NC(C)c1sccc1Br)c1cccnc1. The van der Waals surface area contributed by atoms with E-state index < -0.39 is 0 Å². The molecule has 0 bridgehead atoms. The molecule has 4 heteroatoms. The number of nitrogens with one attached hydrogen (secondary N) is 1. The van der Waals surface area contributed by atoms with Crippen LogP contribution >= 0.6 is 27.3 Å². The molecule has 0 saturated heterocycles. The Labute approximate surface area is 114 Å². The summed E-state index contributed by atoms with van der Waals surface area (Å²) in [6.45, 7) is 4.35. The molecule has 90 valence electrons. The van der Waals surface area contributed by atoms with Gasteiger partial charge < -0.3 is 5.32 Å². The van der Waals surface area contributed by atoms with Gasteiger partial charge in [0, 0.05) is 33.8 Å². The van der Waals surface area contributed by atoms with Gasteiger partial charge in [0.25, 0.3) is 0 Å². The van der Waals surface area contributed by atoms with E-state index in [-0.39, 0.29) is 0 Å². The molecule has 0 aliphatic heterocycles. The maximum atomic E-state index is 4.15. The highest BCUT2D eigenvalue weighted by Gasteiger charge is 2.14. The average molecular weight is 311 g/mol. The van der Waals surface area contributed by atoms with Crippen LogP contribution in [-0.4, -0.2) is 4.98 Å². The molecule has 1 N–H and O–H groups in total. The second kappa shape index (κ2) is 5.76. The molecule has 0 radical (unpaired) electrons. The van der Waals surface area contributed by atoms with Crippen molar-refractivity contribution in [2.24, 2.45) is 0 Å². The number of halogens is 1. The van der Waals surface area contributed by atoms with Crippen LogP contribution in [0.15, 0.2) is 40.4 Å². The van der Waals surface area contributed by atoms with E-state index in [9.17, 15) is 0 Å². The lowest BCUT2D eigenvalue weighted by Crippen LogP contribution is -2.22. The lowest BCUT2D eigenvalue weighted by atomic mass is 10.1. The number of hydrogen-bond acceptors (Lipinski definition) is 3. The average Bonchev–Trinajstić information content (AvgIpc) is 2.76. The van der Waals surface area contributed by atoms with E-state index in [4.69, 9.17) is 0 Å². The number of pyridine rings is 1. The minimum absolute atomic E-state index is 0.299. The summed E-state index contributed by atoms with van der Waals surface area (Å²) in [6, 6.07) is 6.79. The molecule has 2 aromatic heterocycles. The number of hydrogen-bond donors (Lipinski definition) is 1. The molecule has 2 rings (SSSR count). The first-order valence-corrected chi connectivity index (χ1v) is 7.24. The van der Waals surface area contributed by atoms with Crippen LogP contribution in [0.4, 0.5) is 0 Å². The van der Waals surface area contributed by atoms with Gasteiger partial charge >= 0.3 is 0 Å². The van der Waals surface area contributed by atoms with Crippen LogP contribution < -0.4 is 5.32 Å². The zero-order valence-corrected chi connectivity index (χ0v) is 12.3. The van der Waals surface area contributed by atoms with E-state index >= 15 is 0 Å². The molecule has 0 saturated carbocycles. The van der Waals surface area contributed by atoms with E-state index in [0.29, 0.717) is 12.1 Å². The van der Waals surface area contributed by atoms with Crippen LogP contribution in [0.5, 0.6) is 0 Å². The minimum atomic E-state index is 0.299. The zero-order valence-electron chi connectivity index (χ0n) is 9.85. The molecule has 17 heavy (non-hydrogen) atoms. The van der Waals surface area contributed by atoms with Crippen molar-refractivity contribution in [2.75, 3.05) is 0 Å². The molecule has 0 amide bonds. The molecule has 0 aromatic carbocycles. The zero-order chi connectivity index (χ0) is 12.3. The topological polar surface area (TPSA) is 24.9 Å². The van der Waals surface area contributed by atoms with Crippen LogP contribution in [0, 0.1) is 0 Å². The number of nitrogens with zero attached hydrogens (tertiary/aromatic N) is 1. The predicted octanol–water partition coefficient (Wildman–Crippen LogP) is 4.32. The monoisotopic (exact) mass is 310 g/mol. The summed E-state index contributed by atoms with van der Waals surface area (Å²) < 4.78 is 1.18. The van der Waals surface area contributed by atoms with E-state index in [1.54, 1.807) is 17.5 Å². The lowest BCUT2D eigenvalue weighted by molar-refractivity contribution is 0.498. The summed E-state index contributed by atoms with van der Waals surface area (Å²) in [5.41, 5.74) is 1.21. The Kier molecular flexibility index (Phi) is 4.31. The number of aromatic nitrogens is 1. The molecule has 0 spiro atoms. The van der Waals surface area contributed by atoms with Crippen molar-refractivity contribution in [1.82, 2.24) is 10.3 Å². The highest BCUT2D eigenvalue weighted by molar-refractivity contribution is 9.10. The van der Waals surface area contributed by atoms with Gasteiger partial charge in [0.05, 0.1) is 0 Å². The fraction of sp³-hybridized carbons (Fsp3) is 0.308. The Balaban J connectivity index is 2.05. The van der Waals surface area contributed by atoms with Crippen LogP contribution in [0.3, 0.4) is 0 Å². The van der Waals surface area contributed by atoms with E-state index in [0.717, 1.165) is 0 Å². The van der Waals surface area contributed by atoms with Crippen molar-refractivity contribution < 1.29 is 0 Å². The van der Waals surface area contributed by atoms with Gasteiger partial charge in [-0.05, 0) is 52.9 Å². The highest BCUT2D eigenvalue weighted by atomic mass is 79.9. The lowest BCUT2D eigenvalue weighted by Gasteiger charge is -2.19. The van der Waals surface area contributed by atoms with E-state index in [2.05, 4.69) is 57.6 Å². The summed E-state index contributed by atoms with van der Waals surface area (Å²) in [5.74, 6) is 0. The standard InChI is InChI=1S/C13H15BrN2S/c1-9(11-4-3-6-15-8-11)16-10(2)13-12(14)5-7-17-13/h3-10,16H,1-2H3. The third kappa shape index (κ3) is 3.15. The van der Waals surface area contributed by atoms with E-state index in [1.165, 1.54) is 14.9 Å².